The smallest absolute Gasteiger partial charge is 0.267 e. The van der Waals surface area contributed by atoms with Crippen LogP contribution in [0.3, 0.4) is 0 Å². The van der Waals surface area contributed by atoms with E-state index in [4.69, 9.17) is 0 Å². The number of aromatic nitrogens is 2. The quantitative estimate of drug-likeness (QED) is 0.741. The third-order valence-electron chi connectivity index (χ3n) is 5.86. The topological polar surface area (TPSA) is 86.9 Å². The Labute approximate surface area is 165 Å². The molecule has 0 radical (unpaired) electrons. The summed E-state index contributed by atoms with van der Waals surface area (Å²) >= 11 is 0. The fourth-order valence-electron chi connectivity index (χ4n) is 4.31. The molecule has 1 saturated heterocycles. The Morgan fingerprint density at radius 1 is 1.14 bits per heavy atom. The van der Waals surface area contributed by atoms with Gasteiger partial charge in [0.15, 0.2) is 0 Å². The lowest BCUT2D eigenvalue weighted by atomic mass is 9.90. The summed E-state index contributed by atoms with van der Waals surface area (Å²) in [4.78, 5) is 24.6. The van der Waals surface area contributed by atoms with Crippen LogP contribution in [0.4, 0.5) is 0 Å². The van der Waals surface area contributed by atoms with Crippen LogP contribution in [0.15, 0.2) is 29.1 Å². The highest BCUT2D eigenvalue weighted by Crippen LogP contribution is 2.22. The van der Waals surface area contributed by atoms with E-state index in [2.05, 4.69) is 20.8 Å². The molecule has 2 heterocycles. The lowest BCUT2D eigenvalue weighted by Gasteiger charge is -2.23. The second kappa shape index (κ2) is 8.69. The van der Waals surface area contributed by atoms with Crippen molar-refractivity contribution < 1.29 is 4.79 Å². The predicted molar refractivity (Wildman–Crippen MR) is 109 cm³/mol. The molecule has 6 nitrogen and oxygen atoms in total. The van der Waals surface area contributed by atoms with Gasteiger partial charge in [-0.25, -0.2) is 5.10 Å². The first kappa shape index (κ1) is 18.9. The van der Waals surface area contributed by atoms with Gasteiger partial charge in [-0.2, -0.15) is 5.10 Å². The average Bonchev–Trinajstić information content (AvgIpc) is 2.75. The number of nitrogens with one attached hydrogen (secondary N) is 3. The maximum atomic E-state index is 12.6. The number of hydrogen-bond acceptors (Lipinski definition) is 4. The fourth-order valence-corrected chi connectivity index (χ4v) is 4.31. The van der Waals surface area contributed by atoms with Crippen molar-refractivity contribution in [3.8, 4) is 0 Å². The molecule has 1 amide bonds. The normalized spacial score (nSPS) is 19.1. The van der Waals surface area contributed by atoms with Gasteiger partial charge in [0.1, 0.15) is 0 Å². The van der Waals surface area contributed by atoms with Crippen LogP contribution in [0.1, 0.15) is 64.8 Å². The van der Waals surface area contributed by atoms with E-state index in [1.165, 1.54) is 12.8 Å². The van der Waals surface area contributed by atoms with E-state index >= 15 is 0 Å². The summed E-state index contributed by atoms with van der Waals surface area (Å²) in [6.07, 6.45) is 8.09. The van der Waals surface area contributed by atoms with E-state index < -0.39 is 0 Å². The van der Waals surface area contributed by atoms with Crippen LogP contribution >= 0.6 is 0 Å². The Hall–Kier alpha value is -2.47. The van der Waals surface area contributed by atoms with Crippen LogP contribution < -0.4 is 16.2 Å². The Bertz CT molecular complexity index is 900. The number of carbonyl (C=O) groups excluding carboxylic acids is 1. The van der Waals surface area contributed by atoms with E-state index in [0.717, 1.165) is 61.0 Å². The first-order valence-corrected chi connectivity index (χ1v) is 10.4. The molecule has 2 aromatic rings. The minimum absolute atomic E-state index is 0.0364. The number of fused-ring (bicyclic) bond motifs is 1. The van der Waals surface area contributed by atoms with Gasteiger partial charge in [0.05, 0.1) is 5.69 Å². The summed E-state index contributed by atoms with van der Waals surface area (Å²) in [7, 11) is 0. The van der Waals surface area contributed by atoms with E-state index in [9.17, 15) is 9.59 Å². The lowest BCUT2D eigenvalue weighted by Crippen LogP contribution is -2.43. The zero-order valence-corrected chi connectivity index (χ0v) is 16.2. The summed E-state index contributed by atoms with van der Waals surface area (Å²) in [5.74, 6) is -0.0364. The molecule has 1 atom stereocenters. The van der Waals surface area contributed by atoms with Crippen molar-refractivity contribution in [2.75, 3.05) is 13.1 Å². The molecule has 1 aliphatic heterocycles. The first-order chi connectivity index (χ1) is 13.7. The van der Waals surface area contributed by atoms with Gasteiger partial charge in [-0.1, -0.05) is 18.6 Å². The van der Waals surface area contributed by atoms with E-state index in [0.29, 0.717) is 24.6 Å². The Morgan fingerprint density at radius 2 is 2.00 bits per heavy atom. The number of nitrogens with zero attached hydrogens (tertiary/aromatic N) is 1. The average molecular weight is 380 g/mol. The molecule has 0 bridgehead atoms. The number of amides is 1. The van der Waals surface area contributed by atoms with Crippen molar-refractivity contribution in [1.82, 2.24) is 20.8 Å². The van der Waals surface area contributed by atoms with Crippen molar-refractivity contribution in [3.05, 3.63) is 62.6 Å². The molecule has 1 fully saturated rings. The highest BCUT2D eigenvalue weighted by atomic mass is 16.1. The molecular weight excluding hydrogens is 352 g/mol. The highest BCUT2D eigenvalue weighted by molar-refractivity contribution is 5.94. The summed E-state index contributed by atoms with van der Waals surface area (Å²) in [5, 5.41) is 13.5. The molecule has 6 heteroatoms. The summed E-state index contributed by atoms with van der Waals surface area (Å²) in [6, 6.07) is 8.09. The van der Waals surface area contributed by atoms with Crippen LogP contribution in [0.25, 0.3) is 0 Å². The zero-order chi connectivity index (χ0) is 19.3. The number of H-pyrrole nitrogens is 1. The minimum Gasteiger partial charge on any atom is -0.350 e. The number of aromatic amines is 1. The van der Waals surface area contributed by atoms with Gasteiger partial charge in [-0.3, -0.25) is 9.59 Å². The molecular formula is C22H28N4O2. The summed E-state index contributed by atoms with van der Waals surface area (Å²) in [6.45, 7) is 1.70. The van der Waals surface area contributed by atoms with Gasteiger partial charge in [-0.05, 0) is 68.3 Å². The van der Waals surface area contributed by atoms with Crippen molar-refractivity contribution in [3.63, 3.8) is 0 Å². The molecule has 1 aromatic carbocycles. The number of carbonyl (C=O) groups is 1. The molecule has 2 aliphatic rings. The van der Waals surface area contributed by atoms with Crippen LogP contribution in [-0.4, -0.2) is 35.2 Å². The van der Waals surface area contributed by atoms with Crippen LogP contribution in [0, 0.1) is 0 Å². The first-order valence-electron chi connectivity index (χ1n) is 10.4. The molecule has 0 saturated carbocycles. The summed E-state index contributed by atoms with van der Waals surface area (Å²) in [5.41, 5.74) is 4.59. The maximum Gasteiger partial charge on any atom is 0.267 e. The van der Waals surface area contributed by atoms with E-state index in [-0.39, 0.29) is 11.5 Å². The molecule has 28 heavy (non-hydrogen) atoms. The fraction of sp³-hybridized carbons (Fsp3) is 0.500. The standard InChI is InChI=1S/C22H28N4O2/c27-21(24-14-17-8-3-4-11-23-17)16-7-5-6-15(12-16)13-20-18-9-1-2-10-19(18)22(28)26-25-20/h5-7,12,17,23H,1-4,8-11,13-14H2,(H,24,27)(H,26,28). The number of piperidine rings is 1. The lowest BCUT2D eigenvalue weighted by molar-refractivity contribution is 0.0947. The Balaban J connectivity index is 1.45. The van der Waals surface area contributed by atoms with Gasteiger partial charge in [0, 0.05) is 30.1 Å². The molecule has 0 spiro atoms. The molecule has 4 rings (SSSR count). The van der Waals surface area contributed by atoms with Crippen LogP contribution in [0.5, 0.6) is 0 Å². The zero-order valence-electron chi connectivity index (χ0n) is 16.2. The predicted octanol–water partition coefficient (Wildman–Crippen LogP) is 2.11. The second-order valence-corrected chi connectivity index (χ2v) is 7.90. The molecule has 1 unspecified atom stereocenters. The van der Waals surface area contributed by atoms with Gasteiger partial charge >= 0.3 is 0 Å². The van der Waals surface area contributed by atoms with E-state index in [1.54, 1.807) is 0 Å². The molecule has 3 N–H and O–H groups in total. The Morgan fingerprint density at radius 3 is 2.82 bits per heavy atom. The number of rotatable bonds is 5. The minimum atomic E-state index is -0.0529. The SMILES string of the molecule is O=C(NCC1CCCCN1)c1cccc(Cc2n[nH]c(=O)c3c2CCCC3)c1. The largest absolute Gasteiger partial charge is 0.350 e. The second-order valence-electron chi connectivity index (χ2n) is 7.90. The van der Waals surface area contributed by atoms with Gasteiger partial charge < -0.3 is 10.6 Å². The highest BCUT2D eigenvalue weighted by Gasteiger charge is 2.18. The third kappa shape index (κ3) is 4.33. The molecule has 1 aromatic heterocycles. The molecule has 148 valence electrons. The van der Waals surface area contributed by atoms with Crippen molar-refractivity contribution in [2.45, 2.75) is 57.4 Å². The van der Waals surface area contributed by atoms with Crippen molar-refractivity contribution in [2.24, 2.45) is 0 Å². The monoisotopic (exact) mass is 380 g/mol. The van der Waals surface area contributed by atoms with Crippen LogP contribution in [-0.2, 0) is 19.3 Å². The van der Waals surface area contributed by atoms with Crippen LogP contribution in [0.2, 0.25) is 0 Å². The van der Waals surface area contributed by atoms with Gasteiger partial charge in [0.2, 0.25) is 0 Å². The van der Waals surface area contributed by atoms with Gasteiger partial charge in [-0.15, -0.1) is 0 Å². The Kier molecular flexibility index (Phi) is 5.86. The van der Waals surface area contributed by atoms with E-state index in [1.807, 2.05) is 24.3 Å². The van der Waals surface area contributed by atoms with Crippen molar-refractivity contribution in [1.29, 1.82) is 0 Å². The number of benzene rings is 1. The van der Waals surface area contributed by atoms with Crippen molar-refractivity contribution >= 4 is 5.91 Å². The summed E-state index contributed by atoms with van der Waals surface area (Å²) < 4.78 is 0. The van der Waals surface area contributed by atoms with Gasteiger partial charge in [0.25, 0.3) is 11.5 Å². The maximum absolute atomic E-state index is 12.6. The molecule has 1 aliphatic carbocycles. The number of hydrogen-bond donors (Lipinski definition) is 3. The third-order valence-corrected chi connectivity index (χ3v) is 5.86.